The molecule has 0 heterocycles. The van der Waals surface area contributed by atoms with E-state index in [1.54, 1.807) is 12.1 Å². The normalized spacial score (nSPS) is 12.6. The molecular formula is C18H14Cl2N2O5. The fraction of sp³-hybridized carbons (Fsp3) is 0.222. The molecule has 0 amide bonds. The van der Waals surface area contributed by atoms with Gasteiger partial charge in [0.25, 0.3) is 0 Å². The minimum atomic E-state index is -1.05. The maximum absolute atomic E-state index is 12.0. The van der Waals surface area contributed by atoms with Crippen molar-refractivity contribution < 1.29 is 19.2 Å². The number of halogens is 2. The molecule has 0 N–H and O–H groups in total. The summed E-state index contributed by atoms with van der Waals surface area (Å²) in [5.41, 5.74) is -0.339. The van der Waals surface area contributed by atoms with E-state index in [9.17, 15) is 14.9 Å². The topological polar surface area (TPSA) is 102 Å². The molecule has 2 aromatic carbocycles. The summed E-state index contributed by atoms with van der Waals surface area (Å²) in [6.45, 7) is 2.85. The Kier molecular flexibility index (Phi) is 6.61. The van der Waals surface area contributed by atoms with Gasteiger partial charge in [-0.05, 0) is 38.1 Å². The number of nitro groups is 1. The van der Waals surface area contributed by atoms with E-state index >= 15 is 0 Å². The van der Waals surface area contributed by atoms with Gasteiger partial charge in [-0.15, -0.1) is 0 Å². The summed E-state index contributed by atoms with van der Waals surface area (Å²) in [6, 6.07) is 10.3. The average Bonchev–Trinajstić information content (AvgIpc) is 2.62. The van der Waals surface area contributed by atoms with E-state index in [-0.39, 0.29) is 22.2 Å². The van der Waals surface area contributed by atoms with Crippen LogP contribution in [-0.2, 0) is 4.79 Å². The lowest BCUT2D eigenvalue weighted by Crippen LogP contribution is -2.28. The van der Waals surface area contributed by atoms with Crippen LogP contribution in [0.2, 0.25) is 10.0 Å². The monoisotopic (exact) mass is 408 g/mol. The van der Waals surface area contributed by atoms with Gasteiger partial charge in [-0.1, -0.05) is 23.2 Å². The third-order valence-corrected chi connectivity index (χ3v) is 4.11. The van der Waals surface area contributed by atoms with Gasteiger partial charge >= 0.3 is 5.69 Å². The lowest BCUT2D eigenvalue weighted by molar-refractivity contribution is -0.386. The number of hydrogen-bond acceptors (Lipinski definition) is 6. The van der Waals surface area contributed by atoms with Gasteiger partial charge in [0.2, 0.25) is 5.75 Å². The van der Waals surface area contributed by atoms with Crippen molar-refractivity contribution in [2.24, 2.45) is 5.92 Å². The molecule has 0 radical (unpaired) electrons. The largest absolute Gasteiger partial charge is 0.476 e. The van der Waals surface area contributed by atoms with Gasteiger partial charge in [0, 0.05) is 17.2 Å². The van der Waals surface area contributed by atoms with Crippen LogP contribution in [0.5, 0.6) is 17.2 Å². The average molecular weight is 409 g/mol. The summed E-state index contributed by atoms with van der Waals surface area (Å²) in [6.07, 6.45) is -1.05. The maximum Gasteiger partial charge on any atom is 0.311 e. The molecule has 9 heteroatoms. The Balaban J connectivity index is 2.32. The summed E-state index contributed by atoms with van der Waals surface area (Å²) in [5, 5.41) is 20.8. The van der Waals surface area contributed by atoms with Gasteiger partial charge in [-0.2, -0.15) is 5.26 Å². The van der Waals surface area contributed by atoms with Crippen molar-refractivity contribution in [3.05, 3.63) is 56.6 Å². The first-order chi connectivity index (χ1) is 12.7. The third kappa shape index (κ3) is 5.09. The molecule has 2 rings (SSSR count). The number of carbonyl (C=O) groups excluding carboxylic acids is 1. The Morgan fingerprint density at radius 2 is 1.89 bits per heavy atom. The first-order valence-corrected chi connectivity index (χ1v) is 8.50. The SMILES string of the molecule is CC(C#N)C(=O)C(C)Oc1cc(Oc2ccc(Cl)cc2Cl)ccc1[N+](=O)[O-]. The highest BCUT2D eigenvalue weighted by molar-refractivity contribution is 6.35. The van der Waals surface area contributed by atoms with E-state index in [1.807, 2.05) is 6.07 Å². The molecule has 0 aliphatic carbocycles. The highest BCUT2D eigenvalue weighted by Gasteiger charge is 2.25. The zero-order valence-electron chi connectivity index (χ0n) is 14.3. The molecule has 0 spiro atoms. The molecule has 0 saturated heterocycles. The van der Waals surface area contributed by atoms with Gasteiger partial charge in [-0.25, -0.2) is 0 Å². The standard InChI is InChI=1S/C18H14Cl2N2O5/c1-10(9-21)18(23)11(2)26-17-8-13(4-5-15(17)22(24)25)27-16-6-3-12(19)7-14(16)20/h3-8,10-11H,1-2H3. The molecule has 7 nitrogen and oxygen atoms in total. The number of carbonyl (C=O) groups is 1. The van der Waals surface area contributed by atoms with Crippen molar-refractivity contribution in [1.82, 2.24) is 0 Å². The van der Waals surface area contributed by atoms with Crippen LogP contribution < -0.4 is 9.47 Å². The zero-order valence-corrected chi connectivity index (χ0v) is 15.8. The molecule has 2 atom stereocenters. The minimum Gasteiger partial charge on any atom is -0.476 e. The van der Waals surface area contributed by atoms with E-state index in [2.05, 4.69) is 0 Å². The Morgan fingerprint density at radius 1 is 1.19 bits per heavy atom. The molecule has 0 bridgehead atoms. The molecule has 27 heavy (non-hydrogen) atoms. The van der Waals surface area contributed by atoms with E-state index in [4.69, 9.17) is 37.9 Å². The fourth-order valence-corrected chi connectivity index (χ4v) is 2.60. The van der Waals surface area contributed by atoms with Crippen molar-refractivity contribution in [2.75, 3.05) is 0 Å². The zero-order chi connectivity index (χ0) is 20.1. The molecule has 2 unspecified atom stereocenters. The number of nitriles is 1. The number of ketones is 1. The van der Waals surface area contributed by atoms with Crippen molar-refractivity contribution in [3.8, 4) is 23.3 Å². The number of Topliss-reactive ketones (excluding diaryl/α,β-unsaturated/α-hetero) is 1. The number of hydrogen-bond donors (Lipinski definition) is 0. The third-order valence-electron chi connectivity index (χ3n) is 3.57. The predicted molar refractivity (Wildman–Crippen MR) is 99.5 cm³/mol. The summed E-state index contributed by atoms with van der Waals surface area (Å²) in [5.74, 6) is -1.03. The van der Waals surface area contributed by atoms with Crippen LogP contribution in [0.1, 0.15) is 13.8 Å². The quantitative estimate of drug-likeness (QED) is 0.461. The first-order valence-electron chi connectivity index (χ1n) is 7.74. The summed E-state index contributed by atoms with van der Waals surface area (Å²) >= 11 is 11.9. The number of ether oxygens (including phenoxy) is 2. The van der Waals surface area contributed by atoms with E-state index in [0.29, 0.717) is 10.8 Å². The van der Waals surface area contributed by atoms with Crippen LogP contribution in [0.15, 0.2) is 36.4 Å². The maximum atomic E-state index is 12.0. The molecule has 140 valence electrons. The van der Waals surface area contributed by atoms with Gasteiger partial charge < -0.3 is 9.47 Å². The van der Waals surface area contributed by atoms with Crippen molar-refractivity contribution >= 4 is 34.7 Å². The van der Waals surface area contributed by atoms with E-state index in [1.165, 1.54) is 38.1 Å². The number of rotatable bonds is 7. The van der Waals surface area contributed by atoms with Crippen LogP contribution in [-0.4, -0.2) is 16.8 Å². The lowest BCUT2D eigenvalue weighted by Gasteiger charge is -2.15. The molecule has 0 aliphatic heterocycles. The van der Waals surface area contributed by atoms with E-state index in [0.717, 1.165) is 0 Å². The van der Waals surface area contributed by atoms with Gasteiger partial charge in [0.1, 0.15) is 17.4 Å². The second kappa shape index (κ2) is 8.71. The lowest BCUT2D eigenvalue weighted by atomic mass is 10.0. The van der Waals surface area contributed by atoms with Crippen LogP contribution in [0, 0.1) is 27.4 Å². The Bertz CT molecular complexity index is 926. The Morgan fingerprint density at radius 3 is 2.48 bits per heavy atom. The van der Waals surface area contributed by atoms with Crippen LogP contribution in [0.3, 0.4) is 0 Å². The molecule has 0 fully saturated rings. The molecule has 0 aliphatic rings. The van der Waals surface area contributed by atoms with Crippen molar-refractivity contribution in [1.29, 1.82) is 5.26 Å². The molecule has 0 aromatic heterocycles. The summed E-state index contributed by atoms with van der Waals surface area (Å²) in [4.78, 5) is 22.6. The summed E-state index contributed by atoms with van der Waals surface area (Å²) in [7, 11) is 0. The van der Waals surface area contributed by atoms with E-state index < -0.39 is 22.7 Å². The number of nitro benzene ring substituents is 1. The van der Waals surface area contributed by atoms with Gasteiger partial charge in [-0.3, -0.25) is 14.9 Å². The van der Waals surface area contributed by atoms with Crippen LogP contribution in [0.25, 0.3) is 0 Å². The Hall–Kier alpha value is -2.82. The molecule has 2 aromatic rings. The first kappa shape index (κ1) is 20.5. The molecule has 0 saturated carbocycles. The number of benzene rings is 2. The second-order valence-corrected chi connectivity index (χ2v) is 6.42. The molecular weight excluding hydrogens is 395 g/mol. The van der Waals surface area contributed by atoms with Crippen molar-refractivity contribution in [2.45, 2.75) is 20.0 Å². The van der Waals surface area contributed by atoms with Crippen LogP contribution >= 0.6 is 23.2 Å². The summed E-state index contributed by atoms with van der Waals surface area (Å²) < 4.78 is 11.1. The second-order valence-electron chi connectivity index (χ2n) is 5.58. The van der Waals surface area contributed by atoms with Crippen LogP contribution in [0.4, 0.5) is 5.69 Å². The van der Waals surface area contributed by atoms with Crippen molar-refractivity contribution in [3.63, 3.8) is 0 Å². The highest BCUT2D eigenvalue weighted by Crippen LogP contribution is 2.36. The highest BCUT2D eigenvalue weighted by atomic mass is 35.5. The minimum absolute atomic E-state index is 0.159. The van der Waals surface area contributed by atoms with Gasteiger partial charge in [0.05, 0.1) is 16.0 Å². The smallest absolute Gasteiger partial charge is 0.311 e. The fourth-order valence-electron chi connectivity index (χ4n) is 2.15. The number of nitrogens with zero attached hydrogens (tertiary/aromatic N) is 2. The van der Waals surface area contributed by atoms with Gasteiger partial charge in [0.15, 0.2) is 11.9 Å². The predicted octanol–water partition coefficient (Wildman–Crippen LogP) is 5.19. The Labute approximate surface area is 165 Å².